The van der Waals surface area contributed by atoms with Crippen LogP contribution in [0.5, 0.6) is 0 Å². The molecule has 0 radical (unpaired) electrons. The number of likely N-dealkylation sites (tertiary alicyclic amines) is 1. The van der Waals surface area contributed by atoms with Gasteiger partial charge in [-0.15, -0.1) is 11.8 Å². The number of carbonyl (C=O) groups is 4. The van der Waals surface area contributed by atoms with Crippen LogP contribution in [-0.2, 0) is 38.7 Å². The minimum Gasteiger partial charge on any atom is -0.428 e. The van der Waals surface area contributed by atoms with Crippen molar-refractivity contribution in [2.45, 2.75) is 43.1 Å². The number of aryl methyl sites for hydroxylation is 1. The summed E-state index contributed by atoms with van der Waals surface area (Å²) in [6.45, 7) is 7.59. The van der Waals surface area contributed by atoms with Crippen molar-refractivity contribution < 1.29 is 32.9 Å². The molecule has 1 aliphatic heterocycles. The maximum absolute atomic E-state index is 12.7. The van der Waals surface area contributed by atoms with Gasteiger partial charge in [-0.25, -0.2) is 9.00 Å². The fraction of sp³-hybridized carbons (Fsp3) is 0.400. The average molecular weight is 503 g/mol. The smallest absolute Gasteiger partial charge is 0.336 e. The van der Waals surface area contributed by atoms with Crippen LogP contribution in [0.25, 0.3) is 0 Å². The molecule has 2 rings (SSSR count). The molecule has 4 atom stereocenters. The lowest BCUT2D eigenvalue weighted by Gasteiger charge is -2.48. The summed E-state index contributed by atoms with van der Waals surface area (Å²) < 4.78 is 21.5. The topological polar surface area (TPSA) is 119 Å². The number of nitrogens with one attached hydrogen (secondary N) is 1. The number of carbonyl (C=O) groups excluding carboxylic acids is 4. The fourth-order valence-corrected chi connectivity index (χ4v) is 4.97. The molecule has 12 heteroatoms. The number of β-lactam (4-membered cyclic amide) rings is 1. The summed E-state index contributed by atoms with van der Waals surface area (Å²) >= 11 is 1.28. The molecule has 0 bridgehead atoms. The van der Waals surface area contributed by atoms with E-state index in [0.29, 0.717) is 0 Å². The van der Waals surface area contributed by atoms with Crippen molar-refractivity contribution in [3.63, 3.8) is 0 Å². The van der Waals surface area contributed by atoms with Gasteiger partial charge in [0.1, 0.15) is 16.1 Å². The van der Waals surface area contributed by atoms with E-state index in [9.17, 15) is 23.4 Å². The minimum absolute atomic E-state index is 0.0306. The standard InChI is InChI=1S/C20H23ClN2O7S2/c1-11(2)17(20(27)30-10-29-13(4)24)23-18(26)16(19(23)32(21)28)22-15(25)9-31-14-7-5-12(3)6-8-14/h5-8,16-17,19H,1,9-10H2,2-4H3,(H,22,25). The average Bonchev–Trinajstić information content (AvgIpc) is 2.71. The molecule has 1 aliphatic rings. The molecule has 0 aliphatic carbocycles. The van der Waals surface area contributed by atoms with Crippen molar-refractivity contribution >= 4 is 56.2 Å². The maximum Gasteiger partial charge on any atom is 0.336 e. The highest BCUT2D eigenvalue weighted by molar-refractivity contribution is 8.08. The summed E-state index contributed by atoms with van der Waals surface area (Å²) in [5.74, 6) is -2.67. The zero-order chi connectivity index (χ0) is 24.0. The normalized spacial score (nSPS) is 19.4. The van der Waals surface area contributed by atoms with E-state index in [1.54, 1.807) is 0 Å². The van der Waals surface area contributed by atoms with Gasteiger partial charge >= 0.3 is 11.9 Å². The molecule has 9 nitrogen and oxygen atoms in total. The number of rotatable bonds is 10. The lowest BCUT2D eigenvalue weighted by molar-refractivity contribution is -0.174. The largest absolute Gasteiger partial charge is 0.428 e. The van der Waals surface area contributed by atoms with Gasteiger partial charge in [-0.05, 0) is 42.2 Å². The molecule has 1 saturated heterocycles. The van der Waals surface area contributed by atoms with Gasteiger partial charge in [-0.2, -0.15) is 0 Å². The molecule has 0 aromatic heterocycles. The second-order valence-corrected chi connectivity index (χ2v) is 9.94. The first-order chi connectivity index (χ1) is 15.0. The number of hydrogen-bond acceptors (Lipinski definition) is 8. The first-order valence-corrected chi connectivity index (χ1v) is 12.4. The minimum atomic E-state index is -2.11. The van der Waals surface area contributed by atoms with E-state index in [1.807, 2.05) is 31.2 Å². The van der Waals surface area contributed by atoms with E-state index >= 15 is 0 Å². The highest BCUT2D eigenvalue weighted by Crippen LogP contribution is 2.31. The molecule has 1 aromatic carbocycles. The number of halogens is 1. The van der Waals surface area contributed by atoms with Crippen LogP contribution in [0.15, 0.2) is 41.3 Å². The van der Waals surface area contributed by atoms with Crippen molar-refractivity contribution in [3.05, 3.63) is 42.0 Å². The van der Waals surface area contributed by atoms with E-state index < -0.39 is 58.0 Å². The van der Waals surface area contributed by atoms with Gasteiger partial charge in [0.05, 0.1) is 5.75 Å². The van der Waals surface area contributed by atoms with Gasteiger partial charge < -0.3 is 19.7 Å². The monoisotopic (exact) mass is 502 g/mol. The molecule has 1 heterocycles. The van der Waals surface area contributed by atoms with Crippen LogP contribution in [-0.4, -0.2) is 62.9 Å². The Labute approximate surface area is 196 Å². The Bertz CT molecular complexity index is 938. The Hall–Kier alpha value is -2.37. The van der Waals surface area contributed by atoms with Crippen LogP contribution in [0, 0.1) is 6.92 Å². The zero-order valence-corrected chi connectivity index (χ0v) is 20.1. The molecule has 4 unspecified atom stereocenters. The molecule has 1 fully saturated rings. The quantitative estimate of drug-likeness (QED) is 0.128. The van der Waals surface area contributed by atoms with Gasteiger partial charge in [0.25, 0.3) is 0 Å². The second kappa shape index (κ2) is 11.5. The highest BCUT2D eigenvalue weighted by atomic mass is 35.7. The van der Waals surface area contributed by atoms with Crippen molar-refractivity contribution in [2.24, 2.45) is 0 Å². The number of esters is 2. The lowest BCUT2D eigenvalue weighted by atomic mass is 9.99. The van der Waals surface area contributed by atoms with Crippen molar-refractivity contribution in [2.75, 3.05) is 12.5 Å². The van der Waals surface area contributed by atoms with Crippen molar-refractivity contribution in [1.82, 2.24) is 10.2 Å². The summed E-state index contributed by atoms with van der Waals surface area (Å²) in [7, 11) is 3.67. The molecular weight excluding hydrogens is 480 g/mol. The fourth-order valence-electron chi connectivity index (χ4n) is 2.89. The third-order valence-electron chi connectivity index (χ3n) is 4.41. The van der Waals surface area contributed by atoms with E-state index in [1.165, 1.54) is 18.7 Å². The van der Waals surface area contributed by atoms with Crippen LogP contribution in [0.3, 0.4) is 0 Å². The third-order valence-corrected chi connectivity index (χ3v) is 6.85. The zero-order valence-electron chi connectivity index (χ0n) is 17.7. The van der Waals surface area contributed by atoms with Crippen molar-refractivity contribution in [1.29, 1.82) is 0 Å². The molecule has 174 valence electrons. The van der Waals surface area contributed by atoms with E-state index in [2.05, 4.69) is 16.6 Å². The van der Waals surface area contributed by atoms with E-state index in [4.69, 9.17) is 15.4 Å². The van der Waals surface area contributed by atoms with Gasteiger partial charge in [-0.1, -0.05) is 24.3 Å². The Morgan fingerprint density at radius 2 is 1.88 bits per heavy atom. The van der Waals surface area contributed by atoms with Crippen LogP contribution >= 0.6 is 22.4 Å². The number of hydrogen-bond donors (Lipinski definition) is 1. The maximum atomic E-state index is 12.7. The van der Waals surface area contributed by atoms with Gasteiger partial charge in [-0.3, -0.25) is 14.4 Å². The summed E-state index contributed by atoms with van der Waals surface area (Å²) in [6.07, 6.45) is 0. The molecule has 1 aromatic rings. The Balaban J connectivity index is 2.04. The van der Waals surface area contributed by atoms with Crippen LogP contribution in [0.2, 0.25) is 0 Å². The third kappa shape index (κ3) is 6.57. The van der Waals surface area contributed by atoms with Crippen molar-refractivity contribution in [3.8, 4) is 0 Å². The summed E-state index contributed by atoms with van der Waals surface area (Å²) in [5, 5.41) is 1.35. The number of amides is 2. The molecule has 0 spiro atoms. The summed E-state index contributed by atoms with van der Waals surface area (Å²) in [5.41, 5.74) is 1.31. The Morgan fingerprint density at radius 3 is 2.41 bits per heavy atom. The van der Waals surface area contributed by atoms with Gasteiger partial charge in [0.2, 0.25) is 18.6 Å². The molecular formula is C20H23ClN2O7S2. The predicted octanol–water partition coefficient (Wildman–Crippen LogP) is 1.65. The number of thioether (sulfide) groups is 1. The highest BCUT2D eigenvalue weighted by Gasteiger charge is 2.56. The van der Waals surface area contributed by atoms with Gasteiger partial charge in [0, 0.05) is 11.8 Å². The molecule has 1 N–H and O–H groups in total. The van der Waals surface area contributed by atoms with Crippen LogP contribution in [0.4, 0.5) is 0 Å². The Morgan fingerprint density at radius 1 is 1.25 bits per heavy atom. The Kier molecular flexibility index (Phi) is 9.29. The number of nitrogens with zero attached hydrogens (tertiary/aromatic N) is 1. The number of benzene rings is 1. The van der Waals surface area contributed by atoms with E-state index in [-0.39, 0.29) is 11.3 Å². The second-order valence-electron chi connectivity index (χ2n) is 7.00. The SMILES string of the molecule is C=C(C)C(C(=O)OCOC(C)=O)N1C(=O)C(NC(=O)CSc2ccc(C)cc2)C1S(=O)Cl. The van der Waals surface area contributed by atoms with E-state index in [0.717, 1.165) is 22.3 Å². The molecule has 2 amide bonds. The molecule has 0 saturated carbocycles. The number of ether oxygens (including phenoxy) is 2. The van der Waals surface area contributed by atoms with Crippen LogP contribution in [0.1, 0.15) is 19.4 Å². The first kappa shape index (κ1) is 25.9. The molecule has 32 heavy (non-hydrogen) atoms. The summed E-state index contributed by atoms with van der Waals surface area (Å²) in [6, 6.07) is 5.11. The van der Waals surface area contributed by atoms with Crippen LogP contribution < -0.4 is 5.32 Å². The lowest BCUT2D eigenvalue weighted by Crippen LogP contribution is -2.75. The van der Waals surface area contributed by atoms with Gasteiger partial charge in [0.15, 0.2) is 11.4 Å². The predicted molar refractivity (Wildman–Crippen MR) is 120 cm³/mol. The first-order valence-electron chi connectivity index (χ1n) is 9.36. The summed E-state index contributed by atoms with van der Waals surface area (Å²) in [4.78, 5) is 50.2.